The van der Waals surface area contributed by atoms with Gasteiger partial charge in [-0.2, -0.15) is 0 Å². The number of alkyl halides is 1. The zero-order valence-electron chi connectivity index (χ0n) is 7.86. The van der Waals surface area contributed by atoms with Crippen molar-refractivity contribution in [3.05, 3.63) is 0 Å². The van der Waals surface area contributed by atoms with Gasteiger partial charge in [0, 0.05) is 4.83 Å². The van der Waals surface area contributed by atoms with E-state index < -0.39 is 0 Å². The Morgan fingerprint density at radius 3 is 2.64 bits per heavy atom. The molecule has 11 heavy (non-hydrogen) atoms. The molecule has 0 bridgehead atoms. The summed E-state index contributed by atoms with van der Waals surface area (Å²) in [5.41, 5.74) is 0.628. The molecule has 0 aromatic heterocycles. The van der Waals surface area contributed by atoms with E-state index in [2.05, 4.69) is 36.7 Å². The van der Waals surface area contributed by atoms with Crippen LogP contribution in [0.5, 0.6) is 0 Å². The van der Waals surface area contributed by atoms with Crippen molar-refractivity contribution >= 4 is 15.9 Å². The lowest BCUT2D eigenvalue weighted by atomic mass is 9.75. The lowest BCUT2D eigenvalue weighted by Crippen LogP contribution is -2.21. The van der Waals surface area contributed by atoms with Crippen LogP contribution in [0.25, 0.3) is 0 Å². The molecule has 3 atom stereocenters. The van der Waals surface area contributed by atoms with Gasteiger partial charge in [0.2, 0.25) is 0 Å². The van der Waals surface area contributed by atoms with E-state index in [0.717, 1.165) is 10.7 Å². The van der Waals surface area contributed by atoms with E-state index in [0.29, 0.717) is 5.41 Å². The highest BCUT2D eigenvalue weighted by molar-refractivity contribution is 9.09. The van der Waals surface area contributed by atoms with Gasteiger partial charge in [-0.15, -0.1) is 0 Å². The van der Waals surface area contributed by atoms with Crippen LogP contribution in [0.15, 0.2) is 0 Å². The Kier molecular flexibility index (Phi) is 3.02. The molecule has 1 saturated carbocycles. The maximum absolute atomic E-state index is 3.71. The highest BCUT2D eigenvalue weighted by Crippen LogP contribution is 2.47. The van der Waals surface area contributed by atoms with Crippen LogP contribution >= 0.6 is 15.9 Å². The molecule has 1 fully saturated rings. The fourth-order valence-electron chi connectivity index (χ4n) is 2.14. The van der Waals surface area contributed by atoms with Gasteiger partial charge in [-0.25, -0.2) is 0 Å². The first-order valence-electron chi connectivity index (χ1n) is 4.72. The first-order valence-corrected chi connectivity index (χ1v) is 5.64. The summed E-state index contributed by atoms with van der Waals surface area (Å²) < 4.78 is 0. The molecule has 0 amide bonds. The Balaban J connectivity index is 2.54. The fraction of sp³-hybridized carbons (Fsp3) is 1.00. The minimum Gasteiger partial charge on any atom is -0.0890 e. The summed E-state index contributed by atoms with van der Waals surface area (Å²) in [7, 11) is 0. The minimum atomic E-state index is 0.628. The predicted molar refractivity (Wildman–Crippen MR) is 54.1 cm³/mol. The molecular weight excluding hydrogens is 200 g/mol. The van der Waals surface area contributed by atoms with E-state index >= 15 is 0 Å². The molecule has 0 N–H and O–H groups in total. The first kappa shape index (κ1) is 9.57. The zero-order chi connectivity index (χ0) is 8.48. The van der Waals surface area contributed by atoms with Crippen LogP contribution in [-0.4, -0.2) is 4.83 Å². The molecule has 0 radical (unpaired) electrons. The first-order chi connectivity index (χ1) is 5.08. The molecule has 0 spiro atoms. The summed E-state index contributed by atoms with van der Waals surface area (Å²) in [6.45, 7) is 7.14. The molecule has 0 saturated heterocycles. The summed E-state index contributed by atoms with van der Waals surface area (Å²) >= 11 is 3.71. The number of rotatable bonds is 2. The average Bonchev–Trinajstić information content (AvgIpc) is 2.31. The maximum atomic E-state index is 3.71. The van der Waals surface area contributed by atoms with Gasteiger partial charge in [-0.3, -0.25) is 0 Å². The summed E-state index contributed by atoms with van der Waals surface area (Å²) in [5, 5.41) is 0. The summed E-state index contributed by atoms with van der Waals surface area (Å²) in [5.74, 6) is 0.894. The predicted octanol–water partition coefficient (Wildman–Crippen LogP) is 3.99. The van der Waals surface area contributed by atoms with Crippen LogP contribution in [0, 0.1) is 11.3 Å². The van der Waals surface area contributed by atoms with E-state index in [4.69, 9.17) is 0 Å². The van der Waals surface area contributed by atoms with Gasteiger partial charge in [-0.05, 0) is 30.6 Å². The van der Waals surface area contributed by atoms with E-state index in [1.54, 1.807) is 0 Å². The molecule has 0 nitrogen and oxygen atoms in total. The molecule has 0 aromatic rings. The van der Waals surface area contributed by atoms with Crippen LogP contribution in [0.3, 0.4) is 0 Å². The van der Waals surface area contributed by atoms with Crippen molar-refractivity contribution in [2.24, 2.45) is 11.3 Å². The molecule has 0 heterocycles. The van der Waals surface area contributed by atoms with Gasteiger partial charge in [0.1, 0.15) is 0 Å². The van der Waals surface area contributed by atoms with Gasteiger partial charge in [0.05, 0.1) is 0 Å². The average molecular weight is 219 g/mol. The molecular formula is C10H19Br. The Morgan fingerprint density at radius 2 is 2.27 bits per heavy atom. The van der Waals surface area contributed by atoms with Crippen molar-refractivity contribution < 1.29 is 0 Å². The molecule has 1 heteroatoms. The summed E-state index contributed by atoms with van der Waals surface area (Å²) in [4.78, 5) is 0.793. The van der Waals surface area contributed by atoms with Crippen LogP contribution in [-0.2, 0) is 0 Å². The Bertz CT molecular complexity index is 133. The van der Waals surface area contributed by atoms with Crippen molar-refractivity contribution in [2.75, 3.05) is 0 Å². The molecule has 66 valence electrons. The quantitative estimate of drug-likeness (QED) is 0.616. The van der Waals surface area contributed by atoms with E-state index in [9.17, 15) is 0 Å². The SMILES string of the molecule is CCC(C)C1(C)CCC(Br)C1. The van der Waals surface area contributed by atoms with Gasteiger partial charge < -0.3 is 0 Å². The van der Waals surface area contributed by atoms with Crippen LogP contribution < -0.4 is 0 Å². The third-order valence-corrected chi connectivity index (χ3v) is 4.30. The van der Waals surface area contributed by atoms with E-state index in [-0.39, 0.29) is 0 Å². The van der Waals surface area contributed by atoms with Crippen LogP contribution in [0.1, 0.15) is 46.5 Å². The Morgan fingerprint density at radius 1 is 1.64 bits per heavy atom. The van der Waals surface area contributed by atoms with Crippen LogP contribution in [0.4, 0.5) is 0 Å². The molecule has 1 rings (SSSR count). The van der Waals surface area contributed by atoms with Crippen molar-refractivity contribution in [3.63, 3.8) is 0 Å². The highest BCUT2D eigenvalue weighted by atomic mass is 79.9. The van der Waals surface area contributed by atoms with Gasteiger partial charge in [-0.1, -0.05) is 43.1 Å². The second-order valence-corrected chi connectivity index (χ2v) is 5.60. The lowest BCUT2D eigenvalue weighted by molar-refractivity contribution is 0.205. The largest absolute Gasteiger partial charge is 0.0890 e. The van der Waals surface area contributed by atoms with Crippen molar-refractivity contribution in [2.45, 2.75) is 51.3 Å². The van der Waals surface area contributed by atoms with Crippen molar-refractivity contribution in [3.8, 4) is 0 Å². The summed E-state index contributed by atoms with van der Waals surface area (Å²) in [6.07, 6.45) is 5.50. The smallest absolute Gasteiger partial charge is 0.0151 e. The second-order valence-electron chi connectivity index (χ2n) is 4.30. The number of halogens is 1. The third kappa shape index (κ3) is 1.99. The molecule has 0 aliphatic heterocycles. The number of hydrogen-bond donors (Lipinski definition) is 0. The Labute approximate surface area is 78.9 Å². The maximum Gasteiger partial charge on any atom is 0.0151 e. The number of hydrogen-bond acceptors (Lipinski definition) is 0. The highest BCUT2D eigenvalue weighted by Gasteiger charge is 2.37. The molecule has 1 aliphatic rings. The summed E-state index contributed by atoms with van der Waals surface area (Å²) in [6, 6.07) is 0. The lowest BCUT2D eigenvalue weighted by Gasteiger charge is -2.30. The topological polar surface area (TPSA) is 0 Å². The molecule has 3 unspecified atom stereocenters. The third-order valence-electron chi connectivity index (χ3n) is 3.52. The van der Waals surface area contributed by atoms with Crippen molar-refractivity contribution in [1.82, 2.24) is 0 Å². The minimum absolute atomic E-state index is 0.628. The Hall–Kier alpha value is 0.480. The zero-order valence-corrected chi connectivity index (χ0v) is 9.45. The molecule has 1 aliphatic carbocycles. The second kappa shape index (κ2) is 3.47. The van der Waals surface area contributed by atoms with Gasteiger partial charge in [0.15, 0.2) is 0 Å². The van der Waals surface area contributed by atoms with Crippen LogP contribution in [0.2, 0.25) is 0 Å². The molecule has 0 aromatic carbocycles. The normalized spacial score (nSPS) is 40.9. The van der Waals surface area contributed by atoms with Gasteiger partial charge in [0.25, 0.3) is 0 Å². The fourth-order valence-corrected chi connectivity index (χ4v) is 3.11. The van der Waals surface area contributed by atoms with E-state index in [1.807, 2.05) is 0 Å². The van der Waals surface area contributed by atoms with Crippen molar-refractivity contribution in [1.29, 1.82) is 0 Å². The van der Waals surface area contributed by atoms with Gasteiger partial charge >= 0.3 is 0 Å². The van der Waals surface area contributed by atoms with E-state index in [1.165, 1.54) is 25.7 Å². The standard InChI is InChI=1S/C10H19Br/c1-4-8(2)10(3)6-5-9(11)7-10/h8-9H,4-7H2,1-3H3. The monoisotopic (exact) mass is 218 g/mol.